The summed E-state index contributed by atoms with van der Waals surface area (Å²) in [6.07, 6.45) is 0. The van der Waals surface area contributed by atoms with Gasteiger partial charge in [0.15, 0.2) is 0 Å². The van der Waals surface area contributed by atoms with Crippen LogP contribution in [0, 0.1) is 12.8 Å². The van der Waals surface area contributed by atoms with E-state index in [4.69, 9.17) is 4.74 Å². The van der Waals surface area contributed by atoms with Crippen LogP contribution in [0.3, 0.4) is 0 Å². The molecule has 0 aliphatic rings. The van der Waals surface area contributed by atoms with Crippen LogP contribution in [0.25, 0.3) is 0 Å². The van der Waals surface area contributed by atoms with E-state index in [1.54, 1.807) is 0 Å². The van der Waals surface area contributed by atoms with Crippen molar-refractivity contribution in [2.75, 3.05) is 11.9 Å². The largest absolute Gasteiger partial charge is 0.493 e. The minimum Gasteiger partial charge on any atom is -0.493 e. The predicted octanol–water partition coefficient (Wildman–Crippen LogP) is 4.14. The molecule has 1 amide bonds. The van der Waals surface area contributed by atoms with E-state index in [0.717, 1.165) is 17.0 Å². The van der Waals surface area contributed by atoms with Gasteiger partial charge in [-0.15, -0.1) is 0 Å². The second kappa shape index (κ2) is 6.42. The highest BCUT2D eigenvalue weighted by Crippen LogP contribution is 2.24. The Balaban J connectivity index is 2.74. The summed E-state index contributed by atoms with van der Waals surface area (Å²) in [6, 6.07) is 5.68. The molecule has 0 aromatic heterocycles. The van der Waals surface area contributed by atoms with Crippen molar-refractivity contribution in [3.63, 3.8) is 0 Å². The number of alkyl halides is 1. The molecular formula is C15H22BrNO2. The van der Waals surface area contributed by atoms with Gasteiger partial charge in [-0.1, -0.05) is 29.8 Å². The second-order valence-corrected chi connectivity index (χ2v) is 7.59. The summed E-state index contributed by atoms with van der Waals surface area (Å²) < 4.78 is 5.13. The summed E-state index contributed by atoms with van der Waals surface area (Å²) in [6.45, 7) is 10.5. The van der Waals surface area contributed by atoms with Gasteiger partial charge in [-0.3, -0.25) is 4.79 Å². The third kappa shape index (κ3) is 5.23. The van der Waals surface area contributed by atoms with Crippen molar-refractivity contribution in [3.8, 4) is 5.75 Å². The van der Waals surface area contributed by atoms with Gasteiger partial charge in [0, 0.05) is 5.69 Å². The number of carbonyl (C=O) groups excluding carboxylic acids is 1. The molecule has 1 aromatic rings. The number of nitrogens with one attached hydrogen (secondary N) is 1. The molecule has 0 fully saturated rings. The highest BCUT2D eigenvalue weighted by atomic mass is 79.9. The molecule has 1 aromatic carbocycles. The minimum absolute atomic E-state index is 0.0669. The number of carbonyl (C=O) groups is 1. The highest BCUT2D eigenvalue weighted by Gasteiger charge is 2.23. The van der Waals surface area contributed by atoms with Crippen LogP contribution in [-0.2, 0) is 4.79 Å². The lowest BCUT2D eigenvalue weighted by atomic mass is 10.1. The highest BCUT2D eigenvalue weighted by molar-refractivity contribution is 9.10. The number of hydrogen-bond acceptors (Lipinski definition) is 2. The number of rotatable bonds is 5. The third-order valence-corrected chi connectivity index (χ3v) is 2.91. The zero-order valence-electron chi connectivity index (χ0n) is 12.2. The van der Waals surface area contributed by atoms with Crippen molar-refractivity contribution in [3.05, 3.63) is 23.8 Å². The average Bonchev–Trinajstić information content (AvgIpc) is 2.26. The first-order valence-corrected chi connectivity index (χ1v) is 7.23. The van der Waals surface area contributed by atoms with Crippen LogP contribution in [0.1, 0.15) is 33.3 Å². The quantitative estimate of drug-likeness (QED) is 0.825. The molecule has 4 heteroatoms. The van der Waals surface area contributed by atoms with Gasteiger partial charge in [-0.2, -0.15) is 0 Å². The summed E-state index contributed by atoms with van der Waals surface area (Å²) in [4.78, 5) is 11.9. The zero-order valence-corrected chi connectivity index (χ0v) is 13.8. The first-order valence-electron chi connectivity index (χ1n) is 6.44. The second-order valence-electron chi connectivity index (χ2n) is 5.61. The molecule has 1 rings (SSSR count). The van der Waals surface area contributed by atoms with Crippen LogP contribution >= 0.6 is 15.9 Å². The van der Waals surface area contributed by atoms with Gasteiger partial charge in [0.2, 0.25) is 5.91 Å². The molecular weight excluding hydrogens is 306 g/mol. The topological polar surface area (TPSA) is 38.3 Å². The molecule has 3 nitrogen and oxygen atoms in total. The fourth-order valence-electron chi connectivity index (χ4n) is 1.43. The van der Waals surface area contributed by atoms with Crippen LogP contribution in [-0.4, -0.2) is 16.8 Å². The first-order chi connectivity index (χ1) is 8.70. The Hall–Kier alpha value is -1.03. The standard InChI is InChI=1S/C15H22BrNO2/c1-10(2)9-19-13-7-6-12(8-11(13)3)17-14(18)15(4,5)16/h6-8,10H,9H2,1-5H3,(H,17,18). The van der Waals surface area contributed by atoms with E-state index < -0.39 is 4.32 Å². The SMILES string of the molecule is Cc1cc(NC(=O)C(C)(C)Br)ccc1OCC(C)C. The van der Waals surface area contributed by atoms with Crippen molar-refractivity contribution < 1.29 is 9.53 Å². The Labute approximate surface area is 123 Å². The van der Waals surface area contributed by atoms with Gasteiger partial charge in [0.1, 0.15) is 5.75 Å². The number of halogens is 1. The lowest BCUT2D eigenvalue weighted by Crippen LogP contribution is -2.30. The van der Waals surface area contributed by atoms with E-state index in [1.165, 1.54) is 0 Å². The summed E-state index contributed by atoms with van der Waals surface area (Å²) in [5, 5.41) is 2.87. The molecule has 0 radical (unpaired) electrons. The molecule has 0 heterocycles. The van der Waals surface area contributed by atoms with Crippen molar-refractivity contribution in [2.24, 2.45) is 5.92 Å². The maximum absolute atomic E-state index is 11.9. The number of amides is 1. The first kappa shape index (κ1) is 16.0. The Morgan fingerprint density at radius 3 is 2.53 bits per heavy atom. The van der Waals surface area contributed by atoms with Crippen LogP contribution in [0.2, 0.25) is 0 Å². The van der Waals surface area contributed by atoms with E-state index in [0.29, 0.717) is 12.5 Å². The van der Waals surface area contributed by atoms with Crippen molar-refractivity contribution in [2.45, 2.75) is 38.9 Å². The Bertz CT molecular complexity index is 450. The van der Waals surface area contributed by atoms with Crippen molar-refractivity contribution >= 4 is 27.5 Å². The fraction of sp³-hybridized carbons (Fsp3) is 0.533. The van der Waals surface area contributed by atoms with Crippen LogP contribution in [0.15, 0.2) is 18.2 Å². The summed E-state index contributed by atoms with van der Waals surface area (Å²) in [5.74, 6) is 1.29. The van der Waals surface area contributed by atoms with Crippen LogP contribution in [0.5, 0.6) is 5.75 Å². The number of hydrogen-bond donors (Lipinski definition) is 1. The Morgan fingerprint density at radius 2 is 2.05 bits per heavy atom. The molecule has 0 aliphatic heterocycles. The van der Waals surface area contributed by atoms with Gasteiger partial charge in [-0.05, 0) is 50.5 Å². The van der Waals surface area contributed by atoms with Crippen molar-refractivity contribution in [1.29, 1.82) is 0 Å². The molecule has 0 atom stereocenters. The number of anilines is 1. The van der Waals surface area contributed by atoms with Gasteiger partial charge in [0.05, 0.1) is 10.9 Å². The summed E-state index contributed by atoms with van der Waals surface area (Å²) in [5.41, 5.74) is 1.80. The van der Waals surface area contributed by atoms with Gasteiger partial charge >= 0.3 is 0 Å². The Kier molecular flexibility index (Phi) is 5.41. The van der Waals surface area contributed by atoms with Crippen LogP contribution in [0.4, 0.5) is 5.69 Å². The monoisotopic (exact) mass is 327 g/mol. The lowest BCUT2D eigenvalue weighted by Gasteiger charge is -2.17. The molecule has 106 valence electrons. The molecule has 1 N–H and O–H groups in total. The van der Waals surface area contributed by atoms with E-state index in [2.05, 4.69) is 35.1 Å². The zero-order chi connectivity index (χ0) is 14.6. The third-order valence-electron chi connectivity index (χ3n) is 2.54. The van der Waals surface area contributed by atoms with Gasteiger partial charge in [-0.25, -0.2) is 0 Å². The van der Waals surface area contributed by atoms with Gasteiger partial charge < -0.3 is 10.1 Å². The molecule has 0 spiro atoms. The maximum atomic E-state index is 11.9. The van der Waals surface area contributed by atoms with E-state index >= 15 is 0 Å². The van der Waals surface area contributed by atoms with Gasteiger partial charge in [0.25, 0.3) is 0 Å². The minimum atomic E-state index is -0.576. The van der Waals surface area contributed by atoms with Crippen LogP contribution < -0.4 is 10.1 Å². The molecule has 0 aliphatic carbocycles. The summed E-state index contributed by atoms with van der Waals surface area (Å²) in [7, 11) is 0. The average molecular weight is 328 g/mol. The van der Waals surface area contributed by atoms with E-state index in [9.17, 15) is 4.79 Å². The number of benzene rings is 1. The smallest absolute Gasteiger partial charge is 0.240 e. The number of ether oxygens (including phenoxy) is 1. The number of aryl methyl sites for hydroxylation is 1. The van der Waals surface area contributed by atoms with E-state index in [1.807, 2.05) is 39.0 Å². The summed E-state index contributed by atoms with van der Waals surface area (Å²) >= 11 is 3.34. The molecule has 19 heavy (non-hydrogen) atoms. The maximum Gasteiger partial charge on any atom is 0.240 e. The fourth-order valence-corrected chi connectivity index (χ4v) is 1.52. The molecule has 0 bridgehead atoms. The lowest BCUT2D eigenvalue weighted by molar-refractivity contribution is -0.117. The molecule has 0 saturated carbocycles. The normalized spacial score (nSPS) is 11.5. The predicted molar refractivity (Wildman–Crippen MR) is 83.1 cm³/mol. The van der Waals surface area contributed by atoms with Crippen molar-refractivity contribution in [1.82, 2.24) is 0 Å². The van der Waals surface area contributed by atoms with E-state index in [-0.39, 0.29) is 5.91 Å². The Morgan fingerprint density at radius 1 is 1.42 bits per heavy atom. The molecule has 0 unspecified atom stereocenters. The molecule has 0 saturated heterocycles.